The summed E-state index contributed by atoms with van der Waals surface area (Å²) in [4.78, 5) is 0. The minimum atomic E-state index is 0.442. The molecule has 0 N–H and O–H groups in total. The van der Waals surface area contributed by atoms with E-state index in [2.05, 4.69) is 93.7 Å². The molecular weight excluding hydrogens is 731 g/mol. The van der Waals surface area contributed by atoms with Crippen LogP contribution in [-0.2, 0) is 0 Å². The molecule has 0 saturated carbocycles. The van der Waals surface area contributed by atoms with E-state index in [1.54, 1.807) is 23.7 Å². The van der Waals surface area contributed by atoms with E-state index in [9.17, 15) is 0 Å². The Bertz CT molecular complexity index is 1470. The number of hydrogen-bond donors (Lipinski definition) is 0. The van der Waals surface area contributed by atoms with Crippen molar-refractivity contribution in [2.45, 2.75) is 0 Å². The summed E-state index contributed by atoms with van der Waals surface area (Å²) in [7, 11) is 0. The Balaban J connectivity index is 1.79. The molecule has 0 unspecified atom stereocenters. The van der Waals surface area contributed by atoms with Gasteiger partial charge in [0, 0.05) is 0 Å². The van der Waals surface area contributed by atoms with Crippen molar-refractivity contribution in [2.24, 2.45) is 0 Å². The summed E-state index contributed by atoms with van der Waals surface area (Å²) in [6, 6.07) is 19.0. The van der Waals surface area contributed by atoms with Gasteiger partial charge in [-0.1, -0.05) is 0 Å². The van der Waals surface area contributed by atoms with Crippen molar-refractivity contribution in [3.8, 4) is 0 Å². The fraction of sp³-hybridized carbons (Fsp3) is 0. The van der Waals surface area contributed by atoms with E-state index in [4.69, 9.17) is 0 Å². The van der Waals surface area contributed by atoms with Gasteiger partial charge in [-0.2, -0.15) is 0 Å². The SMILES string of the molecule is Ic1[se]c2cc3c(cc2c1I)[se]c1cc2c(cc13)[se]c1ccccc12. The van der Waals surface area contributed by atoms with Gasteiger partial charge in [-0.15, -0.1) is 0 Å². The van der Waals surface area contributed by atoms with E-state index in [0.717, 1.165) is 0 Å². The van der Waals surface area contributed by atoms with Gasteiger partial charge in [-0.25, -0.2) is 0 Å². The van der Waals surface area contributed by atoms with Crippen LogP contribution in [-0.4, -0.2) is 43.5 Å². The Morgan fingerprint density at radius 2 is 1.04 bits per heavy atom. The van der Waals surface area contributed by atoms with Crippen LogP contribution >= 0.6 is 45.2 Å². The van der Waals surface area contributed by atoms with Crippen molar-refractivity contribution >= 4 is 137 Å². The van der Waals surface area contributed by atoms with Gasteiger partial charge >= 0.3 is 191 Å². The third-order valence-electron chi connectivity index (χ3n) is 4.68. The van der Waals surface area contributed by atoms with Crippen molar-refractivity contribution in [3.63, 3.8) is 0 Å². The summed E-state index contributed by atoms with van der Waals surface area (Å²) in [6.45, 7) is 0. The summed E-state index contributed by atoms with van der Waals surface area (Å²) in [5.41, 5.74) is 0. The fourth-order valence-corrected chi connectivity index (χ4v) is 13.0. The third kappa shape index (κ3) is 2.41. The van der Waals surface area contributed by atoms with Gasteiger partial charge in [-0.3, -0.25) is 0 Å². The van der Waals surface area contributed by atoms with Crippen molar-refractivity contribution in [1.29, 1.82) is 0 Å². The molecule has 0 aliphatic rings. The topological polar surface area (TPSA) is 0 Å². The van der Waals surface area contributed by atoms with Crippen molar-refractivity contribution < 1.29 is 0 Å². The van der Waals surface area contributed by atoms with E-state index in [1.165, 1.54) is 30.5 Å². The van der Waals surface area contributed by atoms with Crippen molar-refractivity contribution in [1.82, 2.24) is 0 Å². The Kier molecular flexibility index (Phi) is 3.90. The second kappa shape index (κ2) is 5.96. The van der Waals surface area contributed by atoms with Gasteiger partial charge in [0.2, 0.25) is 0 Å². The predicted molar refractivity (Wildman–Crippen MR) is 130 cm³/mol. The summed E-state index contributed by atoms with van der Waals surface area (Å²) in [5.74, 6) is 0. The molecule has 6 aromatic rings. The van der Waals surface area contributed by atoms with Gasteiger partial charge in [0.15, 0.2) is 0 Å². The van der Waals surface area contributed by atoms with Crippen LogP contribution in [0, 0.1) is 6.01 Å². The average Bonchev–Trinajstić information content (AvgIpc) is 3.23. The standard InChI is InChI=1S/C20H8I2Se3/c21-19-13-8-17-12(7-18(13)25-20(19)22)11-6-15-10(5-16(11)24-17)9-3-1-2-4-14(9)23-15/h1-8H. The third-order valence-corrected chi connectivity index (χ3v) is 16.0. The Hall–Kier alpha value is 0.418. The molecule has 3 aromatic heterocycles. The summed E-state index contributed by atoms with van der Waals surface area (Å²) in [6.07, 6.45) is 0. The molecule has 120 valence electrons. The van der Waals surface area contributed by atoms with E-state index >= 15 is 0 Å². The Morgan fingerprint density at radius 3 is 1.76 bits per heavy atom. The first-order valence-electron chi connectivity index (χ1n) is 7.74. The molecule has 0 atom stereocenters. The number of hydrogen-bond acceptors (Lipinski definition) is 0. The summed E-state index contributed by atoms with van der Waals surface area (Å²) >= 11 is 6.49. The second-order valence-electron chi connectivity index (χ2n) is 6.08. The minimum absolute atomic E-state index is 0.442. The average molecular weight is 739 g/mol. The molecule has 3 heterocycles. The van der Waals surface area contributed by atoms with Gasteiger partial charge < -0.3 is 0 Å². The molecule has 0 nitrogen and oxygen atoms in total. The maximum atomic E-state index is 2.54. The number of benzene rings is 3. The van der Waals surface area contributed by atoms with Gasteiger partial charge in [0.25, 0.3) is 0 Å². The normalized spacial score (nSPS) is 12.4. The number of halogens is 2. The van der Waals surface area contributed by atoms with Crippen LogP contribution in [0.2, 0.25) is 0 Å². The zero-order valence-electron chi connectivity index (χ0n) is 12.6. The first kappa shape index (κ1) is 16.4. The summed E-state index contributed by atoms with van der Waals surface area (Å²) in [5, 5.41) is 7.55. The van der Waals surface area contributed by atoms with Crippen LogP contribution in [0.4, 0.5) is 0 Å². The molecule has 0 aliphatic carbocycles. The molecule has 5 heteroatoms. The second-order valence-corrected chi connectivity index (χ2v) is 16.6. The molecule has 0 radical (unpaired) electrons. The van der Waals surface area contributed by atoms with E-state index < -0.39 is 0 Å². The fourth-order valence-electron chi connectivity index (χ4n) is 3.52. The number of fused-ring (bicyclic) bond motifs is 7. The van der Waals surface area contributed by atoms with Gasteiger partial charge in [-0.05, 0) is 0 Å². The quantitative estimate of drug-likeness (QED) is 0.136. The molecule has 0 bridgehead atoms. The van der Waals surface area contributed by atoms with Crippen LogP contribution in [0.3, 0.4) is 0 Å². The molecule has 0 spiro atoms. The Morgan fingerprint density at radius 1 is 0.520 bits per heavy atom. The molecule has 0 amide bonds. The van der Waals surface area contributed by atoms with Crippen LogP contribution in [0.5, 0.6) is 0 Å². The molecule has 3 aromatic carbocycles. The van der Waals surface area contributed by atoms with Gasteiger partial charge in [0.05, 0.1) is 0 Å². The molecule has 0 aliphatic heterocycles. The van der Waals surface area contributed by atoms with Crippen molar-refractivity contribution in [2.75, 3.05) is 0 Å². The van der Waals surface area contributed by atoms with Gasteiger partial charge in [0.1, 0.15) is 0 Å². The first-order chi connectivity index (χ1) is 12.2. The van der Waals surface area contributed by atoms with Crippen LogP contribution in [0.15, 0.2) is 48.5 Å². The summed E-state index contributed by atoms with van der Waals surface area (Å²) < 4.78 is 10.9. The number of rotatable bonds is 0. The predicted octanol–water partition coefficient (Wildman–Crippen LogP) is 5.83. The van der Waals surface area contributed by atoms with Crippen molar-refractivity contribution in [3.05, 3.63) is 54.5 Å². The molecule has 0 fully saturated rings. The monoisotopic (exact) mass is 742 g/mol. The Labute approximate surface area is 189 Å². The zero-order chi connectivity index (χ0) is 16.7. The zero-order valence-corrected chi connectivity index (χ0v) is 22.1. The van der Waals surface area contributed by atoms with Crippen LogP contribution in [0.1, 0.15) is 0 Å². The molecule has 0 saturated heterocycles. The molecule has 6 rings (SSSR count). The maximum absolute atomic E-state index is 2.54. The van der Waals surface area contributed by atoms with E-state index in [0.29, 0.717) is 43.5 Å². The molecule has 25 heavy (non-hydrogen) atoms. The van der Waals surface area contributed by atoms with Crippen LogP contribution in [0.25, 0.3) is 48.2 Å². The molecular formula is C20H8I2Se3. The van der Waals surface area contributed by atoms with E-state index in [-0.39, 0.29) is 0 Å². The van der Waals surface area contributed by atoms with E-state index in [1.807, 2.05) is 0 Å². The van der Waals surface area contributed by atoms with Crippen LogP contribution < -0.4 is 0 Å². The first-order valence-corrected chi connectivity index (χ1v) is 15.0.